The van der Waals surface area contributed by atoms with Crippen molar-refractivity contribution in [2.45, 2.75) is 45.2 Å². The number of nitrogens with one attached hydrogen (secondary N) is 1. The highest BCUT2D eigenvalue weighted by Gasteiger charge is 2.22. The maximum absolute atomic E-state index is 5.60. The second kappa shape index (κ2) is 7.72. The Bertz CT molecular complexity index is 752. The van der Waals surface area contributed by atoms with Gasteiger partial charge in [0, 0.05) is 56.5 Å². The molecule has 0 spiro atoms. The lowest BCUT2D eigenvalue weighted by Crippen LogP contribution is -2.31. The highest BCUT2D eigenvalue weighted by Crippen LogP contribution is 2.23. The molecule has 0 bridgehead atoms. The Balaban J connectivity index is 1.45. The quantitative estimate of drug-likeness (QED) is 0.900. The van der Waals surface area contributed by atoms with Crippen LogP contribution >= 0.6 is 0 Å². The third kappa shape index (κ3) is 3.73. The van der Waals surface area contributed by atoms with E-state index in [-0.39, 0.29) is 0 Å². The molecular formula is C19H28N6O. The average molecular weight is 356 g/mol. The van der Waals surface area contributed by atoms with Crippen LogP contribution in [0.2, 0.25) is 0 Å². The minimum absolute atomic E-state index is 0.361. The molecule has 0 aromatic carbocycles. The van der Waals surface area contributed by atoms with E-state index in [1.807, 2.05) is 17.9 Å². The zero-order valence-electron chi connectivity index (χ0n) is 15.7. The molecule has 1 saturated heterocycles. The third-order valence-corrected chi connectivity index (χ3v) is 5.61. The topological polar surface area (TPSA) is 68.1 Å². The van der Waals surface area contributed by atoms with Gasteiger partial charge in [0.15, 0.2) is 0 Å². The van der Waals surface area contributed by atoms with E-state index in [2.05, 4.69) is 32.2 Å². The Labute approximate surface area is 154 Å². The van der Waals surface area contributed by atoms with Gasteiger partial charge in [-0.2, -0.15) is 5.10 Å². The van der Waals surface area contributed by atoms with E-state index in [4.69, 9.17) is 4.74 Å². The molecule has 7 heteroatoms. The van der Waals surface area contributed by atoms with Crippen LogP contribution in [0.5, 0.6) is 0 Å². The molecule has 26 heavy (non-hydrogen) atoms. The summed E-state index contributed by atoms with van der Waals surface area (Å²) in [6.45, 7) is 6.76. The normalized spacial score (nSPS) is 21.2. The van der Waals surface area contributed by atoms with Crippen LogP contribution in [0, 0.1) is 6.92 Å². The highest BCUT2D eigenvalue weighted by molar-refractivity contribution is 5.47. The summed E-state index contributed by atoms with van der Waals surface area (Å²) in [5.74, 6) is 1.00. The fourth-order valence-corrected chi connectivity index (χ4v) is 3.84. The number of fused-ring (bicyclic) bond motifs is 1. The van der Waals surface area contributed by atoms with Gasteiger partial charge < -0.3 is 10.1 Å². The summed E-state index contributed by atoms with van der Waals surface area (Å²) in [6.07, 6.45) is 7.89. The Morgan fingerprint density at radius 1 is 1.27 bits per heavy atom. The molecule has 2 aromatic heterocycles. The molecule has 2 aromatic rings. The maximum atomic E-state index is 5.60. The fourth-order valence-electron chi connectivity index (χ4n) is 3.84. The van der Waals surface area contributed by atoms with Gasteiger partial charge in [0.1, 0.15) is 12.1 Å². The number of hydrogen-bond acceptors (Lipinski definition) is 6. The van der Waals surface area contributed by atoms with Gasteiger partial charge in [-0.15, -0.1) is 0 Å². The minimum atomic E-state index is 0.361. The van der Waals surface area contributed by atoms with Gasteiger partial charge in [0.25, 0.3) is 0 Å². The molecule has 7 nitrogen and oxygen atoms in total. The predicted octanol–water partition coefficient (Wildman–Crippen LogP) is 1.71. The van der Waals surface area contributed by atoms with Crippen LogP contribution in [0.1, 0.15) is 35.4 Å². The molecule has 0 saturated carbocycles. The molecule has 4 heterocycles. The molecule has 2 aliphatic rings. The van der Waals surface area contributed by atoms with E-state index < -0.39 is 0 Å². The van der Waals surface area contributed by atoms with Crippen LogP contribution in [-0.4, -0.2) is 57.0 Å². The van der Waals surface area contributed by atoms with E-state index in [1.54, 1.807) is 6.33 Å². The van der Waals surface area contributed by atoms with Gasteiger partial charge in [-0.1, -0.05) is 0 Å². The molecule has 1 fully saturated rings. The lowest BCUT2D eigenvalue weighted by molar-refractivity contribution is 0.0875. The molecular weight excluding hydrogens is 328 g/mol. The first-order chi connectivity index (χ1) is 12.7. The van der Waals surface area contributed by atoms with Crippen molar-refractivity contribution in [3.8, 4) is 0 Å². The number of rotatable bonds is 4. The van der Waals surface area contributed by atoms with Gasteiger partial charge in [-0.3, -0.25) is 9.58 Å². The highest BCUT2D eigenvalue weighted by atomic mass is 16.5. The van der Waals surface area contributed by atoms with Gasteiger partial charge in [0.2, 0.25) is 0 Å². The van der Waals surface area contributed by atoms with Crippen molar-refractivity contribution in [3.63, 3.8) is 0 Å². The van der Waals surface area contributed by atoms with Crippen molar-refractivity contribution in [1.82, 2.24) is 24.6 Å². The summed E-state index contributed by atoms with van der Waals surface area (Å²) < 4.78 is 7.54. The molecule has 2 aliphatic heterocycles. The first-order valence-electron chi connectivity index (χ1n) is 9.57. The average Bonchev–Trinajstić information content (AvgIpc) is 2.85. The summed E-state index contributed by atoms with van der Waals surface area (Å²) in [5.41, 5.74) is 5.02. The SMILES string of the molecule is Cc1c(CN2CCc3ncnc(NC4CCCOC4)c3CC2)cnn1C. The van der Waals surface area contributed by atoms with E-state index in [1.165, 1.54) is 22.5 Å². The summed E-state index contributed by atoms with van der Waals surface area (Å²) in [6, 6.07) is 0.361. The van der Waals surface area contributed by atoms with E-state index in [0.717, 1.165) is 64.3 Å². The second-order valence-corrected chi connectivity index (χ2v) is 7.36. The largest absolute Gasteiger partial charge is 0.379 e. The Morgan fingerprint density at radius 3 is 2.92 bits per heavy atom. The summed E-state index contributed by atoms with van der Waals surface area (Å²) in [5, 5.41) is 7.98. The van der Waals surface area contributed by atoms with Gasteiger partial charge >= 0.3 is 0 Å². The number of hydrogen-bond donors (Lipinski definition) is 1. The van der Waals surface area contributed by atoms with Crippen molar-refractivity contribution in [2.75, 3.05) is 31.6 Å². The number of nitrogens with zero attached hydrogens (tertiary/aromatic N) is 5. The van der Waals surface area contributed by atoms with Crippen LogP contribution in [0.15, 0.2) is 12.5 Å². The van der Waals surface area contributed by atoms with E-state index in [0.29, 0.717) is 6.04 Å². The molecule has 0 amide bonds. The van der Waals surface area contributed by atoms with Crippen molar-refractivity contribution in [1.29, 1.82) is 0 Å². The van der Waals surface area contributed by atoms with Crippen LogP contribution in [-0.2, 0) is 31.2 Å². The minimum Gasteiger partial charge on any atom is -0.379 e. The van der Waals surface area contributed by atoms with Crippen molar-refractivity contribution < 1.29 is 4.74 Å². The van der Waals surface area contributed by atoms with Crippen LogP contribution in [0.25, 0.3) is 0 Å². The van der Waals surface area contributed by atoms with Crippen molar-refractivity contribution in [2.24, 2.45) is 7.05 Å². The van der Waals surface area contributed by atoms with Gasteiger partial charge in [-0.05, 0) is 26.2 Å². The lowest BCUT2D eigenvalue weighted by atomic mass is 10.1. The van der Waals surface area contributed by atoms with Crippen molar-refractivity contribution in [3.05, 3.63) is 35.0 Å². The zero-order chi connectivity index (χ0) is 17.9. The van der Waals surface area contributed by atoms with Gasteiger partial charge in [-0.25, -0.2) is 9.97 Å². The first-order valence-corrected chi connectivity index (χ1v) is 9.57. The lowest BCUT2D eigenvalue weighted by Gasteiger charge is -2.25. The van der Waals surface area contributed by atoms with E-state index in [9.17, 15) is 0 Å². The number of ether oxygens (including phenoxy) is 1. The molecule has 0 aliphatic carbocycles. The van der Waals surface area contributed by atoms with Crippen molar-refractivity contribution >= 4 is 5.82 Å². The van der Waals surface area contributed by atoms with Crippen LogP contribution in [0.3, 0.4) is 0 Å². The summed E-state index contributed by atoms with van der Waals surface area (Å²) >= 11 is 0. The monoisotopic (exact) mass is 356 g/mol. The summed E-state index contributed by atoms with van der Waals surface area (Å²) in [4.78, 5) is 11.6. The second-order valence-electron chi connectivity index (χ2n) is 7.36. The summed E-state index contributed by atoms with van der Waals surface area (Å²) in [7, 11) is 2.00. The van der Waals surface area contributed by atoms with Crippen LogP contribution < -0.4 is 5.32 Å². The zero-order valence-corrected chi connectivity index (χ0v) is 15.7. The Morgan fingerprint density at radius 2 is 2.15 bits per heavy atom. The standard InChI is InChI=1S/C19H28N6O/c1-14-15(10-22-24(14)2)11-25-7-5-17-18(6-8-25)20-13-21-19(17)23-16-4-3-9-26-12-16/h10,13,16H,3-9,11-12H2,1-2H3,(H,20,21,23). The number of anilines is 1. The maximum Gasteiger partial charge on any atom is 0.133 e. The molecule has 140 valence electrons. The fraction of sp³-hybridized carbons (Fsp3) is 0.632. The molecule has 1 N–H and O–H groups in total. The van der Waals surface area contributed by atoms with Gasteiger partial charge in [0.05, 0.1) is 24.5 Å². The number of aryl methyl sites for hydroxylation is 1. The van der Waals surface area contributed by atoms with Crippen LogP contribution in [0.4, 0.5) is 5.82 Å². The van der Waals surface area contributed by atoms with E-state index >= 15 is 0 Å². The number of aromatic nitrogens is 4. The molecule has 0 radical (unpaired) electrons. The molecule has 4 rings (SSSR count). The Kier molecular flexibility index (Phi) is 5.17. The Hall–Kier alpha value is -1.99. The smallest absolute Gasteiger partial charge is 0.133 e. The third-order valence-electron chi connectivity index (χ3n) is 5.61. The predicted molar refractivity (Wildman–Crippen MR) is 100 cm³/mol. The first kappa shape index (κ1) is 17.4. The molecule has 1 atom stereocenters. The molecule has 1 unspecified atom stereocenters.